The molecular weight excluding hydrogens is 210 g/mol. The van der Waals surface area contributed by atoms with Crippen LogP contribution in [0.1, 0.15) is 12.5 Å². The van der Waals surface area contributed by atoms with Gasteiger partial charge >= 0.3 is 0 Å². The van der Waals surface area contributed by atoms with Crippen LogP contribution in [0.15, 0.2) is 29.3 Å². The highest BCUT2D eigenvalue weighted by atomic mass is 35.5. The minimum atomic E-state index is -0.0254. The first-order valence-electron chi connectivity index (χ1n) is 5.01. The third-order valence-corrected chi connectivity index (χ3v) is 2.81. The van der Waals surface area contributed by atoms with E-state index in [2.05, 4.69) is 9.89 Å². The molecule has 0 bridgehead atoms. The molecule has 1 aromatic carbocycles. The monoisotopic (exact) mass is 223 g/mol. The molecule has 0 saturated heterocycles. The Kier molecular flexibility index (Phi) is 2.93. The molecule has 1 unspecified atom stereocenters. The Morgan fingerprint density at radius 1 is 1.47 bits per heavy atom. The largest absolute Gasteiger partial charge is 0.339 e. The van der Waals surface area contributed by atoms with Crippen LogP contribution in [0.4, 0.5) is 0 Å². The van der Waals surface area contributed by atoms with Crippen LogP contribution in [0.2, 0.25) is 5.02 Å². The molecule has 0 spiro atoms. The molecule has 0 aliphatic carbocycles. The van der Waals surface area contributed by atoms with Crippen molar-refractivity contribution in [2.24, 2.45) is 10.7 Å². The van der Waals surface area contributed by atoms with Gasteiger partial charge in [-0.05, 0) is 19.1 Å². The van der Waals surface area contributed by atoms with Gasteiger partial charge in [0.05, 0.1) is 17.7 Å². The fraction of sp³-hybridized carbons (Fsp3) is 0.364. The van der Waals surface area contributed by atoms with Gasteiger partial charge < -0.3 is 10.6 Å². The Hall–Kier alpha value is -1.06. The normalized spacial score (nSPS) is 17.8. The van der Waals surface area contributed by atoms with Crippen molar-refractivity contribution in [1.82, 2.24) is 4.90 Å². The van der Waals surface area contributed by atoms with Crippen molar-refractivity contribution in [3.05, 3.63) is 34.9 Å². The van der Waals surface area contributed by atoms with Crippen LogP contribution in [-0.4, -0.2) is 30.0 Å². The van der Waals surface area contributed by atoms with E-state index in [4.69, 9.17) is 17.3 Å². The van der Waals surface area contributed by atoms with Gasteiger partial charge in [-0.15, -0.1) is 0 Å². The Morgan fingerprint density at radius 3 is 2.87 bits per heavy atom. The molecule has 1 heterocycles. The predicted octanol–water partition coefficient (Wildman–Crippen LogP) is 1.71. The second-order valence-corrected chi connectivity index (χ2v) is 4.03. The standard InChI is InChI=1S/C11H14ClN3/c1-8(13)15-7-6-14-11(15)9-4-2-3-5-10(9)12/h2-5,8H,6-7,13H2,1H3. The highest BCUT2D eigenvalue weighted by Gasteiger charge is 2.22. The lowest BCUT2D eigenvalue weighted by molar-refractivity contribution is 0.367. The second-order valence-electron chi connectivity index (χ2n) is 3.62. The smallest absolute Gasteiger partial charge is 0.133 e. The zero-order valence-corrected chi connectivity index (χ0v) is 9.41. The maximum absolute atomic E-state index is 6.13. The summed E-state index contributed by atoms with van der Waals surface area (Å²) in [5.41, 5.74) is 6.84. The van der Waals surface area contributed by atoms with E-state index in [0.717, 1.165) is 29.5 Å². The van der Waals surface area contributed by atoms with Crippen LogP contribution < -0.4 is 5.73 Å². The molecule has 2 N–H and O–H groups in total. The number of nitrogens with zero attached hydrogens (tertiary/aromatic N) is 2. The van der Waals surface area contributed by atoms with Crippen molar-refractivity contribution < 1.29 is 0 Å². The van der Waals surface area contributed by atoms with Gasteiger partial charge in [-0.1, -0.05) is 23.7 Å². The van der Waals surface area contributed by atoms with Gasteiger partial charge in [0.2, 0.25) is 0 Å². The summed E-state index contributed by atoms with van der Waals surface area (Å²) in [6.07, 6.45) is -0.0254. The van der Waals surface area contributed by atoms with Crippen molar-refractivity contribution in [1.29, 1.82) is 0 Å². The van der Waals surface area contributed by atoms with Gasteiger partial charge in [0.15, 0.2) is 0 Å². The first-order chi connectivity index (χ1) is 7.20. The molecule has 0 aromatic heterocycles. The molecule has 0 fully saturated rings. The Bertz CT molecular complexity index is 387. The van der Waals surface area contributed by atoms with Crippen molar-refractivity contribution >= 4 is 17.4 Å². The van der Waals surface area contributed by atoms with E-state index in [1.165, 1.54) is 0 Å². The lowest BCUT2D eigenvalue weighted by atomic mass is 10.2. The number of aliphatic imine (C=N–C) groups is 1. The molecule has 4 heteroatoms. The number of halogens is 1. The molecule has 2 rings (SSSR count). The van der Waals surface area contributed by atoms with Crippen LogP contribution >= 0.6 is 11.6 Å². The zero-order chi connectivity index (χ0) is 10.8. The van der Waals surface area contributed by atoms with Gasteiger partial charge in [0.25, 0.3) is 0 Å². The Balaban J connectivity index is 2.35. The minimum absolute atomic E-state index is 0.0254. The lowest BCUT2D eigenvalue weighted by Gasteiger charge is -2.24. The average molecular weight is 224 g/mol. The van der Waals surface area contributed by atoms with E-state index < -0.39 is 0 Å². The topological polar surface area (TPSA) is 41.6 Å². The minimum Gasteiger partial charge on any atom is -0.339 e. The number of amidine groups is 1. The van der Waals surface area contributed by atoms with Crippen LogP contribution in [0, 0.1) is 0 Å². The molecule has 0 amide bonds. The van der Waals surface area contributed by atoms with Crippen LogP contribution in [0.5, 0.6) is 0 Å². The second kappa shape index (κ2) is 4.21. The quantitative estimate of drug-likeness (QED) is 0.830. The highest BCUT2D eigenvalue weighted by molar-refractivity contribution is 6.34. The Labute approximate surface area is 94.5 Å². The zero-order valence-electron chi connectivity index (χ0n) is 8.65. The maximum Gasteiger partial charge on any atom is 0.133 e. The van der Waals surface area contributed by atoms with Crippen LogP contribution in [0.3, 0.4) is 0 Å². The summed E-state index contributed by atoms with van der Waals surface area (Å²) in [6, 6.07) is 7.72. The number of rotatable bonds is 2. The van der Waals surface area contributed by atoms with E-state index in [1.807, 2.05) is 31.2 Å². The van der Waals surface area contributed by atoms with Crippen molar-refractivity contribution in [3.63, 3.8) is 0 Å². The summed E-state index contributed by atoms with van der Waals surface area (Å²) in [5, 5.41) is 0.726. The van der Waals surface area contributed by atoms with Crippen LogP contribution in [0.25, 0.3) is 0 Å². The molecule has 1 atom stereocenters. The van der Waals surface area contributed by atoms with Crippen molar-refractivity contribution in [2.75, 3.05) is 13.1 Å². The molecule has 0 saturated carbocycles. The molecule has 80 valence electrons. The first-order valence-corrected chi connectivity index (χ1v) is 5.39. The van der Waals surface area contributed by atoms with Gasteiger partial charge in [-0.25, -0.2) is 0 Å². The van der Waals surface area contributed by atoms with E-state index in [-0.39, 0.29) is 6.17 Å². The molecular formula is C11H14ClN3. The summed E-state index contributed by atoms with van der Waals surface area (Å²) in [5.74, 6) is 0.913. The SMILES string of the molecule is CC(N)N1CCN=C1c1ccccc1Cl. The van der Waals surface area contributed by atoms with Gasteiger partial charge in [-0.2, -0.15) is 0 Å². The summed E-state index contributed by atoms with van der Waals surface area (Å²) < 4.78 is 0. The van der Waals surface area contributed by atoms with Gasteiger partial charge in [0, 0.05) is 12.1 Å². The van der Waals surface area contributed by atoms with E-state index in [0.29, 0.717) is 0 Å². The third-order valence-electron chi connectivity index (χ3n) is 2.48. The molecule has 1 aromatic rings. The summed E-state index contributed by atoms with van der Waals surface area (Å²) >= 11 is 6.13. The molecule has 3 nitrogen and oxygen atoms in total. The molecule has 1 aliphatic rings. The maximum atomic E-state index is 6.13. The number of hydrogen-bond acceptors (Lipinski definition) is 3. The average Bonchev–Trinajstić information content (AvgIpc) is 2.67. The molecule has 1 aliphatic heterocycles. The van der Waals surface area contributed by atoms with E-state index in [9.17, 15) is 0 Å². The Morgan fingerprint density at radius 2 is 2.20 bits per heavy atom. The fourth-order valence-corrected chi connectivity index (χ4v) is 1.96. The number of benzene rings is 1. The third kappa shape index (κ3) is 1.98. The van der Waals surface area contributed by atoms with Crippen molar-refractivity contribution in [2.45, 2.75) is 13.1 Å². The molecule has 15 heavy (non-hydrogen) atoms. The number of hydrogen-bond donors (Lipinski definition) is 1. The van der Waals surface area contributed by atoms with E-state index in [1.54, 1.807) is 0 Å². The summed E-state index contributed by atoms with van der Waals surface area (Å²) in [7, 11) is 0. The number of nitrogens with two attached hydrogens (primary N) is 1. The first kappa shape index (κ1) is 10.5. The summed E-state index contributed by atoms with van der Waals surface area (Å²) in [4.78, 5) is 6.52. The predicted molar refractivity (Wildman–Crippen MR) is 63.2 cm³/mol. The van der Waals surface area contributed by atoms with Gasteiger partial charge in [-0.3, -0.25) is 4.99 Å². The fourth-order valence-electron chi connectivity index (χ4n) is 1.74. The highest BCUT2D eigenvalue weighted by Crippen LogP contribution is 2.20. The summed E-state index contributed by atoms with van der Waals surface area (Å²) in [6.45, 7) is 3.62. The van der Waals surface area contributed by atoms with Crippen molar-refractivity contribution in [3.8, 4) is 0 Å². The lowest BCUT2D eigenvalue weighted by Crippen LogP contribution is -2.42. The molecule has 0 radical (unpaired) electrons. The van der Waals surface area contributed by atoms with Crippen LogP contribution in [-0.2, 0) is 0 Å². The van der Waals surface area contributed by atoms with E-state index >= 15 is 0 Å². The van der Waals surface area contributed by atoms with Gasteiger partial charge in [0.1, 0.15) is 5.84 Å².